The Balaban J connectivity index is 1.31. The summed E-state index contributed by atoms with van der Waals surface area (Å²) in [4.78, 5) is 71.8. The second-order valence-corrected chi connectivity index (χ2v) is 12.1. The highest BCUT2D eigenvalue weighted by molar-refractivity contribution is 8.00. The molecular weight excluding hydrogens is 604 g/mol. The molecule has 0 bridgehead atoms. The van der Waals surface area contributed by atoms with Gasteiger partial charge in [-0.15, -0.1) is 0 Å². The summed E-state index contributed by atoms with van der Waals surface area (Å²) in [5, 5.41) is 2.40. The van der Waals surface area contributed by atoms with Gasteiger partial charge in [0.1, 0.15) is 17.5 Å². The Morgan fingerprint density at radius 2 is 1.75 bits per heavy atom. The molecule has 1 N–H and O–H groups in total. The molecule has 0 spiro atoms. The van der Waals surface area contributed by atoms with Crippen LogP contribution in [0, 0.1) is 5.92 Å². The lowest BCUT2D eigenvalue weighted by atomic mass is 9.84. The molecule has 3 amide bonds. The van der Waals surface area contributed by atoms with Crippen molar-refractivity contribution < 1.29 is 28.7 Å². The Morgan fingerprint density at radius 1 is 1.00 bits per heavy atom. The number of fused-ring (bicyclic) bond motifs is 2. The Labute approximate surface area is 259 Å². The number of hydrogen-bond acceptors (Lipinski definition) is 10. The molecule has 1 fully saturated rings. The molecule has 2 aromatic carbocycles. The van der Waals surface area contributed by atoms with Crippen LogP contribution in [0.3, 0.4) is 0 Å². The van der Waals surface area contributed by atoms with E-state index in [1.807, 2.05) is 6.07 Å². The maximum absolute atomic E-state index is 13.9. The fourth-order valence-electron chi connectivity index (χ4n) is 5.41. The number of aromatic nitrogens is 2. The summed E-state index contributed by atoms with van der Waals surface area (Å²) >= 11 is 2.10. The van der Waals surface area contributed by atoms with Crippen LogP contribution in [-0.4, -0.2) is 52.2 Å². The fourth-order valence-corrected chi connectivity index (χ4v) is 8.18. The summed E-state index contributed by atoms with van der Waals surface area (Å²) < 4.78 is 11.6. The van der Waals surface area contributed by atoms with Crippen LogP contribution in [-0.2, 0) is 25.7 Å². The predicted octanol–water partition coefficient (Wildman–Crippen LogP) is 3.92. The van der Waals surface area contributed by atoms with Crippen LogP contribution >= 0.6 is 23.1 Å². The van der Waals surface area contributed by atoms with Gasteiger partial charge >= 0.3 is 10.8 Å². The lowest BCUT2D eigenvalue weighted by Crippen LogP contribution is -2.33. The van der Waals surface area contributed by atoms with Gasteiger partial charge in [-0.25, -0.2) is 9.69 Å². The highest BCUT2D eigenvalue weighted by Gasteiger charge is 2.56. The molecule has 44 heavy (non-hydrogen) atoms. The van der Waals surface area contributed by atoms with Crippen LogP contribution in [0.25, 0.3) is 0 Å². The van der Waals surface area contributed by atoms with Gasteiger partial charge in [0.25, 0.3) is 0 Å². The molecule has 2 aliphatic heterocycles. The summed E-state index contributed by atoms with van der Waals surface area (Å²) in [6.45, 7) is 1.66. The van der Waals surface area contributed by atoms with Crippen molar-refractivity contribution in [3.63, 3.8) is 0 Å². The van der Waals surface area contributed by atoms with Crippen molar-refractivity contribution in [2.45, 2.75) is 29.7 Å². The number of thiazole rings is 1. The average Bonchev–Trinajstić information content (AvgIpc) is 3.48. The standard InChI is InChI=1S/C31H26N4O7S2/c1-3-42-30(39)17-6-8-19(9-7-17)33-22(36)16-34-29-26(44-31(34)40)23(18-5-4-14-32-15-18)24-25(43-29)28(38)35(27(24)37)20-10-12-21(41-2)13-11-20/h4-15,23-25H,3,16H2,1-2H3,(H,33,36)/t23-,24-,25+/m0/s1. The van der Waals surface area contributed by atoms with E-state index in [0.29, 0.717) is 38.2 Å². The van der Waals surface area contributed by atoms with E-state index in [-0.39, 0.29) is 23.9 Å². The maximum Gasteiger partial charge on any atom is 0.338 e. The first-order valence-corrected chi connectivity index (χ1v) is 15.4. The van der Waals surface area contributed by atoms with E-state index in [0.717, 1.165) is 23.1 Å². The number of methoxy groups -OCH3 is 1. The smallest absolute Gasteiger partial charge is 0.338 e. The molecule has 3 atom stereocenters. The first kappa shape index (κ1) is 29.3. The van der Waals surface area contributed by atoms with Crippen molar-refractivity contribution in [3.8, 4) is 5.75 Å². The average molecular weight is 631 g/mol. The van der Waals surface area contributed by atoms with E-state index in [4.69, 9.17) is 9.47 Å². The van der Waals surface area contributed by atoms with Crippen LogP contribution in [0.4, 0.5) is 11.4 Å². The minimum atomic E-state index is -0.818. The molecule has 0 aliphatic carbocycles. The van der Waals surface area contributed by atoms with Crippen LogP contribution in [0.2, 0.25) is 0 Å². The number of carbonyl (C=O) groups excluding carboxylic acids is 4. The number of carbonyl (C=O) groups is 4. The Morgan fingerprint density at radius 3 is 2.41 bits per heavy atom. The zero-order valence-electron chi connectivity index (χ0n) is 23.6. The van der Waals surface area contributed by atoms with Gasteiger partial charge in [-0.1, -0.05) is 29.2 Å². The van der Waals surface area contributed by atoms with Gasteiger partial charge in [-0.05, 0) is 67.1 Å². The summed E-state index contributed by atoms with van der Waals surface area (Å²) in [6, 6.07) is 16.5. The third-order valence-corrected chi connectivity index (χ3v) is 10.0. The van der Waals surface area contributed by atoms with E-state index >= 15 is 0 Å². The van der Waals surface area contributed by atoms with Gasteiger partial charge in [0.05, 0.1) is 35.9 Å². The number of rotatable bonds is 8. The number of ether oxygens (including phenoxy) is 2. The second kappa shape index (κ2) is 12.1. The number of imide groups is 1. The highest BCUT2D eigenvalue weighted by Crippen LogP contribution is 2.53. The number of amides is 3. The van der Waals surface area contributed by atoms with Crippen molar-refractivity contribution >= 4 is 58.2 Å². The van der Waals surface area contributed by atoms with E-state index in [1.165, 1.54) is 28.7 Å². The molecule has 11 nitrogen and oxygen atoms in total. The van der Waals surface area contributed by atoms with Gasteiger partial charge in [-0.2, -0.15) is 0 Å². The summed E-state index contributed by atoms with van der Waals surface area (Å²) in [5.74, 6) is -2.49. The minimum absolute atomic E-state index is 0.248. The van der Waals surface area contributed by atoms with E-state index < -0.39 is 34.9 Å². The Hall–Kier alpha value is -4.75. The number of nitrogens with zero attached hydrogens (tertiary/aromatic N) is 3. The highest BCUT2D eigenvalue weighted by atomic mass is 32.2. The second-order valence-electron chi connectivity index (χ2n) is 10.0. The minimum Gasteiger partial charge on any atom is -0.497 e. The first-order chi connectivity index (χ1) is 21.3. The lowest BCUT2D eigenvalue weighted by molar-refractivity contribution is -0.122. The van der Waals surface area contributed by atoms with Gasteiger partial charge in [0.2, 0.25) is 17.7 Å². The molecular formula is C31H26N4O7S2. The number of pyridine rings is 1. The normalized spacial score (nSPS) is 18.9. The Bertz CT molecular complexity index is 1800. The van der Waals surface area contributed by atoms with Crippen LogP contribution in [0.1, 0.15) is 33.6 Å². The van der Waals surface area contributed by atoms with E-state index in [9.17, 15) is 24.0 Å². The molecule has 4 aromatic rings. The van der Waals surface area contributed by atoms with E-state index in [2.05, 4.69) is 10.3 Å². The summed E-state index contributed by atoms with van der Waals surface area (Å²) in [7, 11) is 1.53. The predicted molar refractivity (Wildman–Crippen MR) is 164 cm³/mol. The van der Waals surface area contributed by atoms with Crippen molar-refractivity contribution in [2.75, 3.05) is 23.9 Å². The van der Waals surface area contributed by atoms with Crippen molar-refractivity contribution in [2.24, 2.45) is 5.92 Å². The van der Waals surface area contributed by atoms with Crippen molar-refractivity contribution in [1.82, 2.24) is 9.55 Å². The van der Waals surface area contributed by atoms with Gasteiger partial charge in [-0.3, -0.25) is 28.7 Å². The number of benzene rings is 2. The number of thioether (sulfide) groups is 1. The van der Waals surface area contributed by atoms with Gasteiger partial charge in [0, 0.05) is 28.9 Å². The Kier molecular flexibility index (Phi) is 8.06. The van der Waals surface area contributed by atoms with Crippen molar-refractivity contribution in [1.29, 1.82) is 0 Å². The quantitative estimate of drug-likeness (QED) is 0.227. The largest absolute Gasteiger partial charge is 0.497 e. The third-order valence-electron chi connectivity index (χ3n) is 7.40. The number of esters is 1. The topological polar surface area (TPSA) is 137 Å². The molecule has 0 saturated carbocycles. The van der Waals surface area contributed by atoms with Crippen LogP contribution in [0.5, 0.6) is 5.75 Å². The third kappa shape index (κ3) is 5.28. The van der Waals surface area contributed by atoms with Crippen molar-refractivity contribution in [3.05, 3.63) is 98.7 Å². The number of anilines is 2. The van der Waals surface area contributed by atoms with Crippen LogP contribution in [0.15, 0.2) is 82.9 Å². The molecule has 1 saturated heterocycles. The zero-order valence-corrected chi connectivity index (χ0v) is 25.2. The summed E-state index contributed by atoms with van der Waals surface area (Å²) in [6.07, 6.45) is 3.25. The fraction of sp³-hybridized carbons (Fsp3) is 0.226. The van der Waals surface area contributed by atoms with E-state index in [1.54, 1.807) is 61.8 Å². The maximum atomic E-state index is 13.9. The van der Waals surface area contributed by atoms with Crippen LogP contribution < -0.4 is 19.8 Å². The molecule has 2 aliphatic rings. The lowest BCUT2D eigenvalue weighted by Gasteiger charge is -2.30. The molecule has 4 heterocycles. The first-order valence-electron chi connectivity index (χ1n) is 13.7. The molecule has 0 radical (unpaired) electrons. The van der Waals surface area contributed by atoms with Gasteiger partial charge < -0.3 is 14.8 Å². The van der Waals surface area contributed by atoms with Gasteiger partial charge in [0.15, 0.2) is 0 Å². The molecule has 6 rings (SSSR count). The molecule has 0 unspecified atom stereocenters. The number of hydrogen-bond donors (Lipinski definition) is 1. The SMILES string of the molecule is CCOC(=O)c1ccc(NC(=O)Cn2c3c(sc2=O)[C@@H](c2cccnc2)[C@@H]2C(=O)N(c4ccc(OC)cc4)C(=O)[C@@H]2S3)cc1. The summed E-state index contributed by atoms with van der Waals surface area (Å²) in [5.41, 5.74) is 1.91. The number of nitrogens with one attached hydrogen (secondary N) is 1. The zero-order chi connectivity index (χ0) is 31.0. The molecule has 2 aromatic heterocycles. The molecule has 13 heteroatoms. The molecule has 224 valence electrons. The monoisotopic (exact) mass is 630 g/mol.